The van der Waals surface area contributed by atoms with Crippen molar-refractivity contribution in [3.63, 3.8) is 0 Å². The highest BCUT2D eigenvalue weighted by Gasteiger charge is 2.28. The van der Waals surface area contributed by atoms with Gasteiger partial charge in [-0.15, -0.1) is 0 Å². The van der Waals surface area contributed by atoms with Crippen molar-refractivity contribution in [1.82, 2.24) is 8.87 Å². The summed E-state index contributed by atoms with van der Waals surface area (Å²) in [7, 11) is -2.06. The predicted molar refractivity (Wildman–Crippen MR) is 104 cm³/mol. The molecule has 1 aromatic carbocycles. The highest BCUT2D eigenvalue weighted by Crippen LogP contribution is 2.21. The highest BCUT2D eigenvalue weighted by molar-refractivity contribution is 7.89. The average Bonchev–Trinajstić information content (AvgIpc) is 3.06. The van der Waals surface area contributed by atoms with Gasteiger partial charge in [-0.05, 0) is 30.3 Å². The van der Waals surface area contributed by atoms with Crippen LogP contribution in [0.3, 0.4) is 0 Å². The zero-order valence-corrected chi connectivity index (χ0v) is 16.5. The van der Waals surface area contributed by atoms with Gasteiger partial charge in [0, 0.05) is 44.6 Å². The van der Waals surface area contributed by atoms with Crippen molar-refractivity contribution in [2.75, 3.05) is 36.9 Å². The molecular formula is C18H22N4O5S. The van der Waals surface area contributed by atoms with Crippen LogP contribution >= 0.6 is 0 Å². The van der Waals surface area contributed by atoms with Crippen LogP contribution in [-0.4, -0.2) is 55.4 Å². The number of aryl methyl sites for hydroxylation is 1. The van der Waals surface area contributed by atoms with E-state index < -0.39 is 15.9 Å². The smallest absolute Gasteiger partial charge is 0.272 e. The first-order valence-corrected chi connectivity index (χ1v) is 10.1. The summed E-state index contributed by atoms with van der Waals surface area (Å²) >= 11 is 0. The van der Waals surface area contributed by atoms with Crippen LogP contribution in [0.2, 0.25) is 0 Å². The Hall–Kier alpha value is -2.69. The molecule has 2 heterocycles. The van der Waals surface area contributed by atoms with Crippen LogP contribution in [0.4, 0.5) is 11.4 Å². The molecule has 1 aliphatic rings. The normalized spacial score (nSPS) is 15.2. The lowest BCUT2D eigenvalue weighted by Gasteiger charge is -2.25. The second kappa shape index (κ2) is 8.13. The van der Waals surface area contributed by atoms with Gasteiger partial charge in [0.15, 0.2) is 0 Å². The Morgan fingerprint density at radius 3 is 2.18 bits per heavy atom. The maximum atomic E-state index is 12.8. The number of anilines is 2. The van der Waals surface area contributed by atoms with Crippen molar-refractivity contribution in [3.05, 3.63) is 42.2 Å². The fourth-order valence-electron chi connectivity index (χ4n) is 2.87. The molecule has 0 spiro atoms. The molecule has 9 nitrogen and oxygen atoms in total. The first kappa shape index (κ1) is 20.1. The van der Waals surface area contributed by atoms with E-state index in [1.54, 1.807) is 31.3 Å². The molecule has 0 aliphatic carbocycles. The lowest BCUT2D eigenvalue weighted by atomic mass is 10.2. The summed E-state index contributed by atoms with van der Waals surface area (Å²) in [6.07, 6.45) is 1.43. The number of amides is 2. The van der Waals surface area contributed by atoms with Gasteiger partial charge in [-0.1, -0.05) is 0 Å². The van der Waals surface area contributed by atoms with Crippen LogP contribution in [-0.2, 0) is 26.6 Å². The number of carbonyl (C=O) groups is 2. The number of benzene rings is 1. The quantitative estimate of drug-likeness (QED) is 0.777. The Morgan fingerprint density at radius 1 is 1.04 bits per heavy atom. The van der Waals surface area contributed by atoms with Crippen molar-refractivity contribution in [1.29, 1.82) is 0 Å². The van der Waals surface area contributed by atoms with Crippen LogP contribution in [0.15, 0.2) is 41.4 Å². The maximum Gasteiger partial charge on any atom is 0.272 e. The number of hydrogen-bond donors (Lipinski definition) is 2. The van der Waals surface area contributed by atoms with Crippen LogP contribution in [0.5, 0.6) is 0 Å². The van der Waals surface area contributed by atoms with Crippen LogP contribution in [0.1, 0.15) is 17.4 Å². The molecule has 0 bridgehead atoms. The van der Waals surface area contributed by atoms with Crippen molar-refractivity contribution in [2.45, 2.75) is 11.8 Å². The summed E-state index contributed by atoms with van der Waals surface area (Å²) in [4.78, 5) is 23.7. The first-order valence-electron chi connectivity index (χ1n) is 8.70. The van der Waals surface area contributed by atoms with Crippen LogP contribution in [0.25, 0.3) is 0 Å². The van der Waals surface area contributed by atoms with Gasteiger partial charge in [-0.3, -0.25) is 9.59 Å². The third-order valence-corrected chi connectivity index (χ3v) is 6.15. The van der Waals surface area contributed by atoms with E-state index in [-0.39, 0.29) is 16.5 Å². The molecule has 1 aliphatic heterocycles. The van der Waals surface area contributed by atoms with E-state index in [0.29, 0.717) is 37.7 Å². The second-order valence-electron chi connectivity index (χ2n) is 6.40. The topological polar surface area (TPSA) is 110 Å². The minimum atomic E-state index is -3.67. The Bertz CT molecular complexity index is 976. The molecule has 2 amide bonds. The number of aromatic nitrogens is 1. The minimum absolute atomic E-state index is 0.0723. The number of morpholine rings is 1. The monoisotopic (exact) mass is 406 g/mol. The van der Waals surface area contributed by atoms with Gasteiger partial charge < -0.3 is 19.9 Å². The van der Waals surface area contributed by atoms with Crippen molar-refractivity contribution < 1.29 is 22.7 Å². The molecule has 2 aromatic rings. The average molecular weight is 406 g/mol. The van der Waals surface area contributed by atoms with Gasteiger partial charge in [0.05, 0.1) is 13.2 Å². The van der Waals surface area contributed by atoms with Crippen molar-refractivity contribution >= 4 is 33.2 Å². The zero-order valence-electron chi connectivity index (χ0n) is 15.6. The number of nitrogens with one attached hydrogen (secondary N) is 2. The minimum Gasteiger partial charge on any atom is -0.379 e. The number of rotatable bonds is 5. The maximum absolute atomic E-state index is 12.8. The van der Waals surface area contributed by atoms with E-state index >= 15 is 0 Å². The molecule has 2 N–H and O–H groups in total. The predicted octanol–water partition coefficient (Wildman–Crippen LogP) is 1.26. The van der Waals surface area contributed by atoms with E-state index in [1.807, 2.05) is 0 Å². The Kier molecular flexibility index (Phi) is 5.82. The third-order valence-electron chi connectivity index (χ3n) is 4.28. The lowest BCUT2D eigenvalue weighted by molar-refractivity contribution is -0.114. The summed E-state index contributed by atoms with van der Waals surface area (Å²) in [6.45, 7) is 2.70. The van der Waals surface area contributed by atoms with Gasteiger partial charge >= 0.3 is 0 Å². The largest absolute Gasteiger partial charge is 0.379 e. The summed E-state index contributed by atoms with van der Waals surface area (Å²) < 4.78 is 33.5. The fraction of sp³-hybridized carbons (Fsp3) is 0.333. The molecule has 1 fully saturated rings. The molecule has 0 radical (unpaired) electrons. The first-order chi connectivity index (χ1) is 13.3. The molecular weight excluding hydrogens is 384 g/mol. The van der Waals surface area contributed by atoms with E-state index in [1.165, 1.54) is 28.1 Å². The number of ether oxygens (including phenoxy) is 1. The van der Waals surface area contributed by atoms with Gasteiger partial charge in [0.2, 0.25) is 15.9 Å². The summed E-state index contributed by atoms with van der Waals surface area (Å²) in [5.41, 5.74) is 1.36. The van der Waals surface area contributed by atoms with E-state index in [9.17, 15) is 18.0 Å². The number of sulfonamides is 1. The highest BCUT2D eigenvalue weighted by atomic mass is 32.2. The third kappa shape index (κ3) is 4.41. The van der Waals surface area contributed by atoms with Crippen molar-refractivity contribution in [3.8, 4) is 0 Å². The van der Waals surface area contributed by atoms with Gasteiger partial charge in [0.1, 0.15) is 10.6 Å². The number of nitrogens with zero attached hydrogens (tertiary/aromatic N) is 2. The number of hydrogen-bond acceptors (Lipinski definition) is 5. The zero-order chi connectivity index (χ0) is 20.3. The molecule has 28 heavy (non-hydrogen) atoms. The Balaban J connectivity index is 1.75. The second-order valence-corrected chi connectivity index (χ2v) is 8.34. The molecule has 0 unspecified atom stereocenters. The molecule has 150 valence electrons. The molecule has 1 saturated heterocycles. The molecule has 10 heteroatoms. The Morgan fingerprint density at radius 2 is 1.61 bits per heavy atom. The van der Waals surface area contributed by atoms with Crippen molar-refractivity contribution in [2.24, 2.45) is 7.05 Å². The SMILES string of the molecule is CC(=O)Nc1ccc(NC(=O)c2cc(S(=O)(=O)N3CCOCC3)cn2C)cc1. The van der Waals surface area contributed by atoms with Gasteiger partial charge in [0.25, 0.3) is 5.91 Å². The van der Waals surface area contributed by atoms with E-state index in [2.05, 4.69) is 10.6 Å². The summed E-state index contributed by atoms with van der Waals surface area (Å²) in [5, 5.41) is 5.36. The fourth-order valence-corrected chi connectivity index (χ4v) is 4.35. The van der Waals surface area contributed by atoms with E-state index in [4.69, 9.17) is 4.74 Å². The summed E-state index contributed by atoms with van der Waals surface area (Å²) in [5.74, 6) is -0.618. The van der Waals surface area contributed by atoms with Gasteiger partial charge in [-0.2, -0.15) is 4.31 Å². The number of carbonyl (C=O) groups excluding carboxylic acids is 2. The van der Waals surface area contributed by atoms with Crippen LogP contribution in [0, 0.1) is 0 Å². The standard InChI is InChI=1S/C18H22N4O5S/c1-13(23)19-14-3-5-15(6-4-14)20-18(24)17-11-16(12-21(17)2)28(25,26)22-7-9-27-10-8-22/h3-6,11-12H,7-10H2,1-2H3,(H,19,23)(H,20,24). The summed E-state index contributed by atoms with van der Waals surface area (Å²) in [6, 6.07) is 7.99. The Labute approximate surface area is 163 Å². The van der Waals surface area contributed by atoms with Crippen LogP contribution < -0.4 is 10.6 Å². The molecule has 1 aromatic heterocycles. The lowest BCUT2D eigenvalue weighted by Crippen LogP contribution is -2.40. The van der Waals surface area contributed by atoms with Gasteiger partial charge in [-0.25, -0.2) is 8.42 Å². The van der Waals surface area contributed by atoms with E-state index in [0.717, 1.165) is 0 Å². The molecule has 0 atom stereocenters. The molecule has 0 saturated carbocycles. The molecule has 3 rings (SSSR count).